The number of carbonyl (C=O) groups is 1. The maximum absolute atomic E-state index is 12.5. The minimum atomic E-state index is -0.167. The SMILES string of the molecule is O=C(CCc1nc2sc3c(c2c(=O)[nH]1)CCC3)Nc1nnc(Cc2ccsc2)s1. The van der Waals surface area contributed by atoms with Gasteiger partial charge in [-0.15, -0.1) is 21.5 Å². The van der Waals surface area contributed by atoms with Gasteiger partial charge in [0.2, 0.25) is 11.0 Å². The molecule has 4 aromatic heterocycles. The first kappa shape index (κ1) is 18.6. The van der Waals surface area contributed by atoms with E-state index in [1.165, 1.54) is 21.8 Å². The maximum Gasteiger partial charge on any atom is 0.259 e. The van der Waals surface area contributed by atoms with Gasteiger partial charge in [0, 0.05) is 24.1 Å². The monoisotopic (exact) mass is 443 g/mol. The standard InChI is InChI=1S/C19H17N5O2S3/c25-14(22-19-24-23-15(29-19)8-10-6-7-27-9-10)5-4-13-20-17(26)16-11-2-1-3-12(11)28-18(16)21-13/h6-7,9H,1-5,8H2,(H,20,21,26)(H,22,24,25). The summed E-state index contributed by atoms with van der Waals surface area (Å²) in [5.41, 5.74) is 2.26. The summed E-state index contributed by atoms with van der Waals surface area (Å²) < 4.78 is 0. The molecule has 7 nitrogen and oxygen atoms in total. The molecule has 0 radical (unpaired) electrons. The Morgan fingerprint density at radius 2 is 2.17 bits per heavy atom. The van der Waals surface area contributed by atoms with Crippen molar-refractivity contribution in [2.24, 2.45) is 0 Å². The summed E-state index contributed by atoms with van der Waals surface area (Å²) in [6.07, 6.45) is 4.41. The van der Waals surface area contributed by atoms with E-state index >= 15 is 0 Å². The fourth-order valence-corrected chi connectivity index (χ4v) is 6.26. The van der Waals surface area contributed by atoms with Gasteiger partial charge in [0.1, 0.15) is 15.7 Å². The van der Waals surface area contributed by atoms with Gasteiger partial charge in [-0.05, 0) is 47.2 Å². The van der Waals surface area contributed by atoms with Crippen LogP contribution in [0.15, 0.2) is 21.6 Å². The molecule has 1 aliphatic rings. The lowest BCUT2D eigenvalue weighted by atomic mass is 10.2. The third kappa shape index (κ3) is 3.87. The van der Waals surface area contributed by atoms with Crippen LogP contribution in [0.3, 0.4) is 0 Å². The Labute approximate surface area is 177 Å². The summed E-state index contributed by atoms with van der Waals surface area (Å²) in [5.74, 6) is 0.382. The number of thiophene rings is 2. The lowest BCUT2D eigenvalue weighted by Crippen LogP contribution is -2.16. The van der Waals surface area contributed by atoms with Crippen LogP contribution in [0.5, 0.6) is 0 Å². The summed E-state index contributed by atoms with van der Waals surface area (Å²) >= 11 is 4.63. The summed E-state index contributed by atoms with van der Waals surface area (Å²) in [4.78, 5) is 34.3. The number of anilines is 1. The maximum atomic E-state index is 12.5. The highest BCUT2D eigenvalue weighted by atomic mass is 32.1. The molecule has 0 aliphatic heterocycles. The predicted molar refractivity (Wildman–Crippen MR) is 116 cm³/mol. The van der Waals surface area contributed by atoms with Crippen LogP contribution in [-0.2, 0) is 30.5 Å². The lowest BCUT2D eigenvalue weighted by Gasteiger charge is -2.02. The third-order valence-corrected chi connectivity index (χ3v) is 7.62. The summed E-state index contributed by atoms with van der Waals surface area (Å²) in [6, 6.07) is 2.05. The molecule has 0 unspecified atom stereocenters. The fourth-order valence-electron chi connectivity index (χ4n) is 3.52. The summed E-state index contributed by atoms with van der Waals surface area (Å²) in [5, 5.41) is 17.2. The number of amides is 1. The number of nitrogens with zero attached hydrogens (tertiary/aromatic N) is 3. The molecule has 0 atom stereocenters. The van der Waals surface area contributed by atoms with Gasteiger partial charge in [-0.2, -0.15) is 11.3 Å². The molecule has 4 aromatic rings. The van der Waals surface area contributed by atoms with E-state index in [4.69, 9.17) is 0 Å². The van der Waals surface area contributed by atoms with Gasteiger partial charge in [-0.25, -0.2) is 4.98 Å². The van der Waals surface area contributed by atoms with E-state index in [0.29, 0.717) is 23.8 Å². The Bertz CT molecular complexity index is 1240. The molecule has 0 fully saturated rings. The highest BCUT2D eigenvalue weighted by Crippen LogP contribution is 2.34. The molecule has 0 aromatic carbocycles. The predicted octanol–water partition coefficient (Wildman–Crippen LogP) is 3.55. The van der Waals surface area contributed by atoms with Gasteiger partial charge in [0.15, 0.2) is 0 Å². The Kier molecular flexibility index (Phi) is 4.98. The van der Waals surface area contributed by atoms with E-state index < -0.39 is 0 Å². The van der Waals surface area contributed by atoms with E-state index in [1.807, 2.05) is 5.38 Å². The fraction of sp³-hybridized carbons (Fsp3) is 0.316. The zero-order valence-electron chi connectivity index (χ0n) is 15.4. The van der Waals surface area contributed by atoms with Crippen molar-refractivity contribution in [2.75, 3.05) is 5.32 Å². The second-order valence-corrected chi connectivity index (χ2v) is 9.83. The zero-order valence-corrected chi connectivity index (χ0v) is 17.8. The molecule has 0 saturated heterocycles. The molecule has 5 rings (SSSR count). The smallest absolute Gasteiger partial charge is 0.259 e. The van der Waals surface area contributed by atoms with Crippen LogP contribution in [-0.4, -0.2) is 26.1 Å². The van der Waals surface area contributed by atoms with Crippen LogP contribution in [0, 0.1) is 0 Å². The largest absolute Gasteiger partial charge is 0.310 e. The summed E-state index contributed by atoms with van der Waals surface area (Å²) in [6.45, 7) is 0. The number of rotatable bonds is 6. The average molecular weight is 444 g/mol. The van der Waals surface area contributed by atoms with Crippen molar-refractivity contribution in [1.29, 1.82) is 0 Å². The first-order chi connectivity index (χ1) is 14.2. The van der Waals surface area contributed by atoms with Crippen molar-refractivity contribution < 1.29 is 4.79 Å². The Morgan fingerprint density at radius 1 is 1.24 bits per heavy atom. The van der Waals surface area contributed by atoms with Gasteiger partial charge < -0.3 is 10.3 Å². The van der Waals surface area contributed by atoms with Crippen molar-refractivity contribution in [1.82, 2.24) is 20.2 Å². The number of hydrogen-bond donors (Lipinski definition) is 2. The Morgan fingerprint density at radius 3 is 3.03 bits per heavy atom. The van der Waals surface area contributed by atoms with Crippen LogP contribution in [0.2, 0.25) is 0 Å². The second kappa shape index (κ2) is 7.77. The molecule has 0 bridgehead atoms. The van der Waals surface area contributed by atoms with Crippen molar-refractivity contribution >= 4 is 55.3 Å². The van der Waals surface area contributed by atoms with E-state index in [1.54, 1.807) is 22.7 Å². The zero-order chi connectivity index (χ0) is 19.8. The minimum Gasteiger partial charge on any atom is -0.310 e. The van der Waals surface area contributed by atoms with Gasteiger partial charge in [0.05, 0.1) is 5.39 Å². The van der Waals surface area contributed by atoms with E-state index in [0.717, 1.165) is 40.1 Å². The number of fused-ring (bicyclic) bond motifs is 3. The van der Waals surface area contributed by atoms with Gasteiger partial charge in [0.25, 0.3) is 5.56 Å². The molecule has 0 spiro atoms. The van der Waals surface area contributed by atoms with E-state index in [9.17, 15) is 9.59 Å². The Hall–Kier alpha value is -2.43. The van der Waals surface area contributed by atoms with E-state index in [-0.39, 0.29) is 17.9 Å². The van der Waals surface area contributed by atoms with Crippen molar-refractivity contribution in [2.45, 2.75) is 38.5 Å². The van der Waals surface area contributed by atoms with Crippen LogP contribution in [0.1, 0.15) is 39.7 Å². The number of H-pyrrole nitrogens is 1. The van der Waals surface area contributed by atoms with Crippen molar-refractivity contribution in [3.05, 3.63) is 54.0 Å². The van der Waals surface area contributed by atoms with Gasteiger partial charge in [-0.3, -0.25) is 9.59 Å². The van der Waals surface area contributed by atoms with Gasteiger partial charge in [-0.1, -0.05) is 11.3 Å². The minimum absolute atomic E-state index is 0.0907. The van der Waals surface area contributed by atoms with Crippen LogP contribution in [0.25, 0.3) is 10.2 Å². The Balaban J connectivity index is 1.22. The third-order valence-electron chi connectivity index (χ3n) is 4.86. The number of aryl methyl sites for hydroxylation is 3. The number of aromatic amines is 1. The topological polar surface area (TPSA) is 101 Å². The molecule has 148 valence electrons. The number of hydrogen-bond acceptors (Lipinski definition) is 8. The van der Waals surface area contributed by atoms with Gasteiger partial charge >= 0.3 is 0 Å². The second-order valence-electron chi connectivity index (χ2n) is 6.91. The molecular formula is C19H17N5O2S3. The van der Waals surface area contributed by atoms with E-state index in [2.05, 4.69) is 36.9 Å². The molecule has 4 heterocycles. The first-order valence-electron chi connectivity index (χ1n) is 9.32. The molecule has 1 aliphatic carbocycles. The lowest BCUT2D eigenvalue weighted by molar-refractivity contribution is -0.116. The van der Waals surface area contributed by atoms with Crippen molar-refractivity contribution in [3.8, 4) is 0 Å². The molecule has 0 saturated carbocycles. The molecular weight excluding hydrogens is 426 g/mol. The van der Waals surface area contributed by atoms with Crippen LogP contribution in [0.4, 0.5) is 5.13 Å². The number of nitrogens with one attached hydrogen (secondary N) is 2. The van der Waals surface area contributed by atoms with Crippen LogP contribution < -0.4 is 10.9 Å². The molecule has 29 heavy (non-hydrogen) atoms. The molecule has 1 amide bonds. The summed E-state index contributed by atoms with van der Waals surface area (Å²) in [7, 11) is 0. The number of carbonyl (C=O) groups excluding carboxylic acids is 1. The van der Waals surface area contributed by atoms with Crippen molar-refractivity contribution in [3.63, 3.8) is 0 Å². The molecule has 10 heteroatoms. The highest BCUT2D eigenvalue weighted by molar-refractivity contribution is 7.18. The first-order valence-corrected chi connectivity index (χ1v) is 11.9. The quantitative estimate of drug-likeness (QED) is 0.475. The van der Waals surface area contributed by atoms with Crippen LogP contribution >= 0.6 is 34.0 Å². The number of aromatic nitrogens is 4. The molecule has 2 N–H and O–H groups in total. The average Bonchev–Trinajstić information content (AvgIpc) is 3.45. The normalized spacial score (nSPS) is 13.1. The highest BCUT2D eigenvalue weighted by Gasteiger charge is 2.21.